The largest absolute Gasteiger partial charge is 2.00 e. The zero-order chi connectivity index (χ0) is 18.6. The van der Waals surface area contributed by atoms with Gasteiger partial charge in [0.2, 0.25) is 0 Å². The first kappa shape index (κ1) is 57.2. The second kappa shape index (κ2) is 46.9. The molecule has 0 fully saturated rings. The molecule has 0 aromatic heterocycles. The van der Waals surface area contributed by atoms with E-state index in [2.05, 4.69) is 43.6 Å². The van der Waals surface area contributed by atoms with Crippen LogP contribution >= 0.6 is 17.0 Å². The third kappa shape index (κ3) is 176. The number of hydrogen-bond acceptors (Lipinski definition) is 1. The van der Waals surface area contributed by atoms with Gasteiger partial charge in [0.15, 0.2) is 0 Å². The summed E-state index contributed by atoms with van der Waals surface area (Å²) in [7, 11) is 0. The molecule has 0 unspecified atom stereocenters. The van der Waals surface area contributed by atoms with Gasteiger partial charge in [-0.1, -0.05) is 76.2 Å². The molecule has 4 nitrogen and oxygen atoms in total. The molecule has 0 spiro atoms. The van der Waals surface area contributed by atoms with Gasteiger partial charge in [0.05, 0.1) is 0 Å². The van der Waals surface area contributed by atoms with Crippen molar-refractivity contribution in [3.8, 4) is 0 Å². The Morgan fingerprint density at radius 3 is 0.852 bits per heavy atom. The summed E-state index contributed by atoms with van der Waals surface area (Å²) in [5, 5.41) is 22.3. The van der Waals surface area contributed by atoms with Gasteiger partial charge >= 0.3 is 65.0 Å². The van der Waals surface area contributed by atoms with Gasteiger partial charge in [-0.05, 0) is 0 Å². The number of hydrogen-bond donors (Lipinski definition) is 0. The molecule has 0 rings (SSSR count). The Morgan fingerprint density at radius 1 is 0.704 bits per heavy atom. The van der Waals surface area contributed by atoms with Crippen LogP contribution in [0.2, 0.25) is 0 Å². The molecule has 0 bridgehead atoms. The normalized spacial score (nSPS) is 8.22. The van der Waals surface area contributed by atoms with Gasteiger partial charge in [0.25, 0.3) is 0 Å². The minimum absolute atomic E-state index is 0. The average Bonchev–Trinajstić information content (AvgIpc) is 2.28. The molecule has 0 atom stereocenters. The van der Waals surface area contributed by atoms with Crippen molar-refractivity contribution in [2.24, 2.45) is 0 Å². The summed E-state index contributed by atoms with van der Waals surface area (Å²) in [6.07, 6.45) is 0. The first-order chi connectivity index (χ1) is 9.95. The van der Waals surface area contributed by atoms with E-state index in [1.54, 1.807) is 20.8 Å². The maximum absolute atomic E-state index is 10.1. The van der Waals surface area contributed by atoms with Gasteiger partial charge in [0, 0.05) is 0 Å². The predicted molar refractivity (Wildman–Crippen MR) is 124 cm³/mol. The van der Waals surface area contributed by atoms with Crippen LogP contribution < -0.4 is 40.9 Å². The summed E-state index contributed by atoms with van der Waals surface area (Å²) in [5.74, 6) is 0. The van der Waals surface area contributed by atoms with Gasteiger partial charge in [-0.2, -0.15) is 26.2 Å². The standard InChI is InChI=1S/C6H14N.2C4H10N.C4H9O.2BrH.Li.2Mg/c1-5(2)7-6(3)4;2*1-3-5-4-2;1-4(2,3)5;;;;;/h5-6H,1-4H3;2*3-4H2,1-2H3;1-3H3;2*1H;;;/q4*-1;;;+1;2*+2/p-1. The van der Waals surface area contributed by atoms with E-state index >= 15 is 0 Å². The molecule has 0 aliphatic rings. The van der Waals surface area contributed by atoms with Crippen molar-refractivity contribution in [2.75, 3.05) is 26.2 Å². The van der Waals surface area contributed by atoms with Crippen LogP contribution in [0.4, 0.5) is 0 Å². The summed E-state index contributed by atoms with van der Waals surface area (Å²) in [6.45, 7) is 25.3. The third-order valence-corrected chi connectivity index (χ3v) is 1.49. The second-order valence-corrected chi connectivity index (χ2v) is 6.16. The van der Waals surface area contributed by atoms with Crippen molar-refractivity contribution >= 4 is 63.1 Å². The summed E-state index contributed by atoms with van der Waals surface area (Å²) in [6, 6.07) is 1.000. The van der Waals surface area contributed by atoms with E-state index in [4.69, 9.17) is 0 Å². The summed E-state index contributed by atoms with van der Waals surface area (Å²) < 4.78 is 0. The Hall–Kier alpha value is 2.93. The van der Waals surface area contributed by atoms with Gasteiger partial charge in [0.1, 0.15) is 0 Å². The maximum Gasteiger partial charge on any atom is 2.00 e. The molecule has 0 N–H and O–H groups in total. The van der Waals surface area contributed by atoms with Gasteiger partial charge < -0.3 is 38.0 Å². The van der Waals surface area contributed by atoms with Crippen LogP contribution in [-0.4, -0.2) is 90.0 Å². The Morgan fingerprint density at radius 2 is 0.852 bits per heavy atom. The van der Waals surface area contributed by atoms with Crippen molar-refractivity contribution in [1.82, 2.24) is 0 Å². The fourth-order valence-electron chi connectivity index (χ4n) is 1.04. The molecule has 0 heterocycles. The first-order valence-electron chi connectivity index (χ1n) is 8.62. The van der Waals surface area contributed by atoms with Crippen molar-refractivity contribution in [3.05, 3.63) is 16.0 Å². The molecular weight excluding hydrogens is 490 g/mol. The molecule has 0 saturated carbocycles. The Kier molecular flexibility index (Phi) is 99.4. The molecule has 0 aliphatic carbocycles. The smallest absolute Gasteiger partial charge is 1.00 e. The first-order valence-corrected chi connectivity index (χ1v) is 8.62. The molecule has 27 heavy (non-hydrogen) atoms. The zero-order valence-corrected chi connectivity index (χ0v) is 26.6. The van der Waals surface area contributed by atoms with E-state index in [9.17, 15) is 5.11 Å². The van der Waals surface area contributed by atoms with Crippen LogP contribution in [0.5, 0.6) is 0 Å². The maximum atomic E-state index is 10.1. The molecule has 0 aliphatic heterocycles. The van der Waals surface area contributed by atoms with E-state index in [-0.39, 0.29) is 98.9 Å². The number of nitrogens with zero attached hydrogens (tertiary/aromatic N) is 3. The van der Waals surface area contributed by atoms with E-state index in [1.165, 1.54) is 0 Å². The van der Waals surface area contributed by atoms with Crippen LogP contribution in [0.3, 0.4) is 0 Å². The summed E-state index contributed by atoms with van der Waals surface area (Å²) in [4.78, 5) is 0. The molecule has 0 aromatic rings. The topological polar surface area (TPSA) is 65.4 Å². The fraction of sp³-hybridized carbons (Fsp3) is 1.00. The Balaban J connectivity index is -0.0000000217. The molecule has 9 heteroatoms. The SMILES string of the molecule is Br.CC(C)(C)[O-].CC(C)[N-]C(C)C.CC[N-]CC.CC[N-]CC.[Br-].[Li+].[Mg+2].[Mg+2]. The van der Waals surface area contributed by atoms with E-state index in [0.29, 0.717) is 12.1 Å². The summed E-state index contributed by atoms with van der Waals surface area (Å²) >= 11 is 0. The van der Waals surface area contributed by atoms with Crippen LogP contribution in [-0.2, 0) is 0 Å². The fourth-order valence-corrected chi connectivity index (χ4v) is 1.04. The second-order valence-electron chi connectivity index (χ2n) is 6.16. The van der Waals surface area contributed by atoms with Crippen LogP contribution in [0, 0.1) is 0 Å². The summed E-state index contributed by atoms with van der Waals surface area (Å²) in [5.41, 5.74) is -0.750. The van der Waals surface area contributed by atoms with Crippen molar-refractivity contribution < 1.29 is 40.9 Å². The van der Waals surface area contributed by atoms with Crippen LogP contribution in [0.15, 0.2) is 0 Å². The average molecular weight is 534 g/mol. The Bertz CT molecular complexity index is 170. The zero-order valence-electron chi connectivity index (χ0n) is 20.4. The van der Waals surface area contributed by atoms with Gasteiger partial charge in [-0.3, -0.25) is 0 Å². The quantitative estimate of drug-likeness (QED) is 0.402. The van der Waals surface area contributed by atoms with Crippen molar-refractivity contribution in [1.29, 1.82) is 0 Å². The molecule has 156 valence electrons. The monoisotopic (exact) mass is 531 g/mol. The van der Waals surface area contributed by atoms with Gasteiger partial charge in [-0.25, -0.2) is 0 Å². The van der Waals surface area contributed by atoms with E-state index < -0.39 is 5.60 Å². The Labute approximate surface area is 237 Å². The van der Waals surface area contributed by atoms with Crippen LogP contribution in [0.1, 0.15) is 76.2 Å². The number of halogens is 2. The molecule has 0 radical (unpaired) electrons. The van der Waals surface area contributed by atoms with Gasteiger partial charge in [-0.15, -0.1) is 34.7 Å². The molecule has 0 aromatic carbocycles. The predicted octanol–water partition coefficient (Wildman–Crippen LogP) is -1.05. The van der Waals surface area contributed by atoms with E-state index in [1.807, 2.05) is 27.7 Å². The minimum Gasteiger partial charge on any atom is -1.00 e. The molecule has 0 amide bonds. The third-order valence-electron chi connectivity index (χ3n) is 1.49. The van der Waals surface area contributed by atoms with Crippen molar-refractivity contribution in [2.45, 2.75) is 93.8 Å². The molecule has 0 saturated heterocycles. The van der Waals surface area contributed by atoms with Crippen molar-refractivity contribution in [3.63, 3.8) is 0 Å². The van der Waals surface area contributed by atoms with Crippen LogP contribution in [0.25, 0.3) is 16.0 Å². The number of rotatable bonds is 6. The minimum atomic E-state index is -0.750. The molecular formula is C18H44Br2LiMg2N3O. The van der Waals surface area contributed by atoms with E-state index in [0.717, 1.165) is 26.2 Å².